The number of benzene rings is 1. The molecule has 4 N–H and O–H groups in total. The van der Waals surface area contributed by atoms with Crippen LogP contribution in [0, 0.1) is 0 Å². The predicted octanol–water partition coefficient (Wildman–Crippen LogP) is -0.721. The van der Waals surface area contributed by atoms with Gasteiger partial charge in [-0.15, -0.1) is 12.4 Å². The van der Waals surface area contributed by atoms with Crippen molar-refractivity contribution in [2.45, 2.75) is 12.5 Å². The van der Waals surface area contributed by atoms with Gasteiger partial charge in [-0.2, -0.15) is 0 Å². The van der Waals surface area contributed by atoms with E-state index >= 15 is 0 Å². The van der Waals surface area contributed by atoms with Crippen molar-refractivity contribution in [1.82, 2.24) is 15.5 Å². The molecule has 1 aliphatic rings. The highest BCUT2D eigenvalue weighted by atomic mass is 35.5. The van der Waals surface area contributed by atoms with E-state index in [0.717, 1.165) is 5.75 Å². The number of ether oxygens (including phenoxy) is 1. The van der Waals surface area contributed by atoms with E-state index in [9.17, 15) is 14.4 Å². The van der Waals surface area contributed by atoms with Crippen LogP contribution in [0.1, 0.15) is 6.42 Å². The number of nitrogens with zero attached hydrogens (tertiary/aromatic N) is 1. The molecule has 8 nitrogen and oxygen atoms in total. The molecule has 1 aliphatic heterocycles. The first-order valence-corrected chi connectivity index (χ1v) is 7.80. The number of amides is 3. The molecule has 0 aliphatic carbocycles. The van der Waals surface area contributed by atoms with Crippen LogP contribution in [0.5, 0.6) is 5.75 Å². The molecule has 1 fully saturated rings. The molecule has 1 aromatic rings. The zero-order valence-electron chi connectivity index (χ0n) is 13.8. The van der Waals surface area contributed by atoms with Gasteiger partial charge < -0.3 is 26.0 Å². The van der Waals surface area contributed by atoms with Crippen molar-refractivity contribution < 1.29 is 19.1 Å². The lowest BCUT2D eigenvalue weighted by Crippen LogP contribution is -2.44. The summed E-state index contributed by atoms with van der Waals surface area (Å²) < 4.78 is 5.57. The minimum absolute atomic E-state index is 0. The molecule has 0 spiro atoms. The fourth-order valence-electron chi connectivity index (χ4n) is 2.41. The van der Waals surface area contributed by atoms with Crippen LogP contribution in [0.4, 0.5) is 0 Å². The van der Waals surface area contributed by atoms with Crippen LogP contribution < -0.4 is 21.1 Å². The first kappa shape index (κ1) is 20.7. The topological polar surface area (TPSA) is 114 Å². The maximum atomic E-state index is 12.0. The van der Waals surface area contributed by atoms with Crippen molar-refractivity contribution >= 4 is 30.1 Å². The van der Waals surface area contributed by atoms with E-state index in [4.69, 9.17) is 10.5 Å². The standard InChI is InChI=1S/C16H22N4O4.ClH/c17-9-14(21)18-10-15(22)19-12-8-16(23)20(11-12)6-7-24-13-4-2-1-3-5-13;/h1-5,12H,6-11,17H2,(H,18,21)(H,19,22);1H. The largest absolute Gasteiger partial charge is 0.492 e. The lowest BCUT2D eigenvalue weighted by Gasteiger charge is -2.17. The minimum atomic E-state index is -0.396. The maximum Gasteiger partial charge on any atom is 0.239 e. The number of carbonyl (C=O) groups is 3. The third-order valence-corrected chi connectivity index (χ3v) is 3.58. The number of hydrogen-bond donors (Lipinski definition) is 3. The van der Waals surface area contributed by atoms with Gasteiger partial charge in [-0.1, -0.05) is 18.2 Å². The second kappa shape index (κ2) is 10.5. The van der Waals surface area contributed by atoms with Crippen LogP contribution in [0.15, 0.2) is 30.3 Å². The maximum absolute atomic E-state index is 12.0. The Hall–Kier alpha value is -2.32. The molecular formula is C16H23ClN4O4. The van der Waals surface area contributed by atoms with Gasteiger partial charge in [0.25, 0.3) is 0 Å². The summed E-state index contributed by atoms with van der Waals surface area (Å²) in [5.74, 6) is -0.00285. The summed E-state index contributed by atoms with van der Waals surface area (Å²) in [5.41, 5.74) is 5.14. The molecular weight excluding hydrogens is 348 g/mol. The van der Waals surface area contributed by atoms with E-state index in [1.165, 1.54) is 0 Å². The van der Waals surface area contributed by atoms with Crippen LogP contribution in [-0.2, 0) is 14.4 Å². The summed E-state index contributed by atoms with van der Waals surface area (Å²) >= 11 is 0. The number of likely N-dealkylation sites (tertiary alicyclic amines) is 1. The molecule has 1 atom stereocenters. The quantitative estimate of drug-likeness (QED) is 0.559. The van der Waals surface area contributed by atoms with E-state index in [0.29, 0.717) is 19.7 Å². The second-order valence-electron chi connectivity index (χ2n) is 5.45. The molecule has 2 rings (SSSR count). The molecule has 1 unspecified atom stereocenters. The van der Waals surface area contributed by atoms with E-state index < -0.39 is 5.91 Å². The number of hydrogen-bond acceptors (Lipinski definition) is 5. The highest BCUT2D eigenvalue weighted by Crippen LogP contribution is 2.12. The fourth-order valence-corrected chi connectivity index (χ4v) is 2.41. The molecule has 0 saturated carbocycles. The summed E-state index contributed by atoms with van der Waals surface area (Å²) in [5, 5.41) is 5.12. The SMILES string of the molecule is Cl.NCC(=O)NCC(=O)NC1CC(=O)N(CCOc2ccccc2)C1. The van der Waals surface area contributed by atoms with Crippen molar-refractivity contribution in [3.63, 3.8) is 0 Å². The minimum Gasteiger partial charge on any atom is -0.492 e. The van der Waals surface area contributed by atoms with Crippen LogP contribution in [0.25, 0.3) is 0 Å². The number of halogens is 1. The van der Waals surface area contributed by atoms with Gasteiger partial charge in [0, 0.05) is 13.0 Å². The van der Waals surface area contributed by atoms with Gasteiger partial charge in [0.1, 0.15) is 12.4 Å². The number of para-hydroxylation sites is 1. The van der Waals surface area contributed by atoms with E-state index in [-0.39, 0.29) is 49.8 Å². The molecule has 0 radical (unpaired) electrons. The first-order valence-electron chi connectivity index (χ1n) is 7.80. The Morgan fingerprint density at radius 1 is 1.24 bits per heavy atom. The average molecular weight is 371 g/mol. The van der Waals surface area contributed by atoms with Gasteiger partial charge in [-0.3, -0.25) is 14.4 Å². The Morgan fingerprint density at radius 2 is 1.96 bits per heavy atom. The van der Waals surface area contributed by atoms with E-state index in [1.807, 2.05) is 30.3 Å². The third kappa shape index (κ3) is 6.98. The number of carbonyl (C=O) groups excluding carboxylic acids is 3. The molecule has 3 amide bonds. The number of nitrogens with one attached hydrogen (secondary N) is 2. The zero-order chi connectivity index (χ0) is 17.4. The van der Waals surface area contributed by atoms with Crippen molar-refractivity contribution in [3.05, 3.63) is 30.3 Å². The van der Waals surface area contributed by atoms with E-state index in [1.54, 1.807) is 4.90 Å². The average Bonchev–Trinajstić information content (AvgIpc) is 2.93. The fraction of sp³-hybridized carbons (Fsp3) is 0.438. The molecule has 9 heteroatoms. The van der Waals surface area contributed by atoms with Crippen molar-refractivity contribution in [3.8, 4) is 5.75 Å². The van der Waals surface area contributed by atoms with Crippen LogP contribution in [0.2, 0.25) is 0 Å². The molecule has 1 heterocycles. The van der Waals surface area contributed by atoms with Crippen molar-refractivity contribution in [2.24, 2.45) is 5.73 Å². The van der Waals surface area contributed by atoms with Gasteiger partial charge in [-0.05, 0) is 12.1 Å². The lowest BCUT2D eigenvalue weighted by molar-refractivity contribution is -0.128. The highest BCUT2D eigenvalue weighted by molar-refractivity contribution is 5.86. The monoisotopic (exact) mass is 370 g/mol. The van der Waals surface area contributed by atoms with Gasteiger partial charge in [0.05, 0.1) is 25.7 Å². The van der Waals surface area contributed by atoms with E-state index in [2.05, 4.69) is 10.6 Å². The smallest absolute Gasteiger partial charge is 0.239 e. The summed E-state index contributed by atoms with van der Waals surface area (Å²) in [6.45, 7) is 0.989. The third-order valence-electron chi connectivity index (χ3n) is 3.58. The summed E-state index contributed by atoms with van der Waals surface area (Å²) in [4.78, 5) is 36.3. The number of nitrogens with two attached hydrogens (primary N) is 1. The van der Waals surface area contributed by atoms with Crippen molar-refractivity contribution in [1.29, 1.82) is 0 Å². The summed E-state index contributed by atoms with van der Waals surface area (Å²) in [6, 6.07) is 9.11. The zero-order valence-corrected chi connectivity index (χ0v) is 14.6. The Bertz CT molecular complexity index is 585. The molecule has 1 aromatic carbocycles. The van der Waals surface area contributed by atoms with Gasteiger partial charge in [-0.25, -0.2) is 0 Å². The highest BCUT2D eigenvalue weighted by Gasteiger charge is 2.30. The molecule has 0 aromatic heterocycles. The van der Waals surface area contributed by atoms with Gasteiger partial charge in [0.2, 0.25) is 17.7 Å². The van der Waals surface area contributed by atoms with Crippen LogP contribution in [-0.4, -0.2) is 61.4 Å². The predicted molar refractivity (Wildman–Crippen MR) is 94.4 cm³/mol. The number of rotatable bonds is 8. The van der Waals surface area contributed by atoms with Gasteiger partial charge in [0.15, 0.2) is 0 Å². The molecule has 25 heavy (non-hydrogen) atoms. The Morgan fingerprint density at radius 3 is 2.64 bits per heavy atom. The lowest BCUT2D eigenvalue weighted by atomic mass is 10.2. The Labute approximate surface area is 152 Å². The normalized spacial score (nSPS) is 16.1. The molecule has 1 saturated heterocycles. The molecule has 138 valence electrons. The second-order valence-corrected chi connectivity index (χ2v) is 5.45. The first-order chi connectivity index (χ1) is 11.6. The van der Waals surface area contributed by atoms with Crippen molar-refractivity contribution in [2.75, 3.05) is 32.8 Å². The summed E-state index contributed by atoms with van der Waals surface area (Å²) in [6.07, 6.45) is 0.252. The Kier molecular flexibility index (Phi) is 8.73. The van der Waals surface area contributed by atoms with Crippen LogP contribution >= 0.6 is 12.4 Å². The summed E-state index contributed by atoms with van der Waals surface area (Å²) in [7, 11) is 0. The van der Waals surface area contributed by atoms with Gasteiger partial charge >= 0.3 is 0 Å². The van der Waals surface area contributed by atoms with Crippen LogP contribution in [0.3, 0.4) is 0 Å². The Balaban J connectivity index is 0.00000312. The molecule has 0 bridgehead atoms.